The Bertz CT molecular complexity index is 130. The van der Waals surface area contributed by atoms with Crippen LogP contribution in [0.1, 0.15) is 5.56 Å². The fraction of sp³-hybridized carbons (Fsp3) is 0.200. The monoisotopic (exact) mass is 320 g/mol. The van der Waals surface area contributed by atoms with Crippen LogP contribution >= 0.6 is 38.6 Å². The van der Waals surface area contributed by atoms with Crippen molar-refractivity contribution in [3.8, 4) is 0 Å². The van der Waals surface area contributed by atoms with Crippen LogP contribution in [0.2, 0.25) is 0 Å². The third-order valence-corrected chi connectivity index (χ3v) is 1.46. The Morgan fingerprint density at radius 3 is 2.22 bits per heavy atom. The molecule has 1 rings (SSSR count). The Labute approximate surface area is 80.4 Å². The summed E-state index contributed by atoms with van der Waals surface area (Å²) in [4.78, 5) is 0. The van der Waals surface area contributed by atoms with E-state index in [2.05, 4.69) is 51.0 Å². The van der Waals surface area contributed by atoms with Crippen LogP contribution in [0.3, 0.4) is 0 Å². The second kappa shape index (κ2) is 7.39. The van der Waals surface area contributed by atoms with E-state index in [0.29, 0.717) is 0 Å². The molecule has 0 nitrogen and oxygen atoms in total. The first kappa shape index (κ1) is 10.3. The Balaban J connectivity index is 0.000000187. The van der Waals surface area contributed by atoms with Crippen LogP contribution in [-0.4, -0.2) is 0 Å². The van der Waals surface area contributed by atoms with Crippen molar-refractivity contribution < 1.29 is 13.2 Å². The van der Waals surface area contributed by atoms with Gasteiger partial charge in [-0.05, 0) is 29.3 Å². The first-order chi connectivity index (χ1) is 4.31. The van der Waals surface area contributed by atoms with E-state index in [0.717, 1.165) is 0 Å². The first-order valence-electron chi connectivity index (χ1n) is 2.42. The molecule has 0 aliphatic rings. The van der Waals surface area contributed by atoms with Crippen molar-refractivity contribution in [2.75, 3.05) is 0 Å². The summed E-state index contributed by atoms with van der Waals surface area (Å²) in [5.74, 6) is 0. The van der Waals surface area contributed by atoms with E-state index in [9.17, 15) is 0 Å². The van der Waals surface area contributed by atoms with Gasteiger partial charge in [-0.15, -0.1) is 0 Å². The zero-order chi connectivity index (χ0) is 7.11. The molecular formula is C5H6Br2SZn. The molecule has 48 valence electrons. The molecule has 9 heavy (non-hydrogen) atoms. The second-order valence-electron chi connectivity index (χ2n) is 1.40. The van der Waals surface area contributed by atoms with E-state index in [1.165, 1.54) is 5.56 Å². The van der Waals surface area contributed by atoms with Crippen molar-refractivity contribution in [2.45, 2.75) is 6.92 Å². The number of rotatable bonds is 0. The Kier molecular flexibility index (Phi) is 8.45. The van der Waals surface area contributed by atoms with Crippen LogP contribution < -0.4 is 0 Å². The topological polar surface area (TPSA) is 0 Å². The third-order valence-electron chi connectivity index (χ3n) is 0.663. The summed E-state index contributed by atoms with van der Waals surface area (Å²) in [6.45, 7) is 2.09. The van der Waals surface area contributed by atoms with Crippen LogP contribution in [0.4, 0.5) is 0 Å². The molecule has 1 aromatic heterocycles. The predicted molar refractivity (Wildman–Crippen MR) is 46.9 cm³/mol. The molecule has 0 fully saturated rings. The molecule has 0 bridgehead atoms. The van der Waals surface area contributed by atoms with Crippen molar-refractivity contribution in [3.05, 3.63) is 22.4 Å². The summed E-state index contributed by atoms with van der Waals surface area (Å²) < 4.78 is 0. The summed E-state index contributed by atoms with van der Waals surface area (Å²) in [6, 6.07) is 2.10. The fourth-order valence-electron chi connectivity index (χ4n) is 0.333. The summed E-state index contributed by atoms with van der Waals surface area (Å²) in [6.07, 6.45) is 0. The molecule has 0 atom stereocenters. The molecule has 0 N–H and O–H groups in total. The van der Waals surface area contributed by atoms with Crippen LogP contribution in [0.5, 0.6) is 0 Å². The van der Waals surface area contributed by atoms with Gasteiger partial charge in [-0.25, -0.2) is 0 Å². The minimum atomic E-state index is -0.250. The molecule has 0 radical (unpaired) electrons. The SMILES string of the molecule is Cc1ccsc1.[Br][Zn][Br]. The molecule has 0 unspecified atom stereocenters. The minimum absolute atomic E-state index is 0.250. The van der Waals surface area contributed by atoms with Crippen molar-refractivity contribution in [1.29, 1.82) is 0 Å². The quantitative estimate of drug-likeness (QED) is 0.638. The van der Waals surface area contributed by atoms with Gasteiger partial charge in [-0.2, -0.15) is 11.3 Å². The van der Waals surface area contributed by atoms with Crippen LogP contribution in [0.25, 0.3) is 0 Å². The molecule has 1 heterocycles. The number of halogens is 2. The maximum absolute atomic E-state index is 3.25. The average Bonchev–Trinajstić information content (AvgIpc) is 2.20. The van der Waals surface area contributed by atoms with Gasteiger partial charge in [-0.3, -0.25) is 0 Å². The number of aryl methyl sites for hydroxylation is 1. The predicted octanol–water partition coefficient (Wildman–Crippen LogP) is 3.75. The van der Waals surface area contributed by atoms with Crippen molar-refractivity contribution in [3.63, 3.8) is 0 Å². The summed E-state index contributed by atoms with van der Waals surface area (Å²) in [5.41, 5.74) is 1.36. The maximum atomic E-state index is 3.25. The first-order valence-corrected chi connectivity index (χ1v) is 17.3. The number of hydrogen-bond acceptors (Lipinski definition) is 1. The van der Waals surface area contributed by atoms with Crippen LogP contribution in [0.15, 0.2) is 16.8 Å². The van der Waals surface area contributed by atoms with Gasteiger partial charge in [0.05, 0.1) is 0 Å². The van der Waals surface area contributed by atoms with Crippen molar-refractivity contribution in [1.82, 2.24) is 0 Å². The Hall–Kier alpha value is 1.28. The van der Waals surface area contributed by atoms with Gasteiger partial charge >= 0.3 is 40.5 Å². The molecule has 4 heteroatoms. The van der Waals surface area contributed by atoms with E-state index >= 15 is 0 Å². The molecule has 0 aromatic carbocycles. The standard InChI is InChI=1S/C5H6S.2BrH.Zn/c1-5-2-3-6-4-5;;;/h2-4H,1H3;2*1H;/q;;;+2/p-2. The van der Waals surface area contributed by atoms with Gasteiger partial charge in [0.25, 0.3) is 0 Å². The van der Waals surface area contributed by atoms with Crippen molar-refractivity contribution >= 4 is 38.6 Å². The molecule has 0 saturated heterocycles. The molecule has 0 aliphatic carbocycles. The fourth-order valence-corrected chi connectivity index (χ4v) is 0.998. The van der Waals surface area contributed by atoms with Crippen LogP contribution in [-0.2, 0) is 13.2 Å². The summed E-state index contributed by atoms with van der Waals surface area (Å²) in [5, 5.41) is 4.20. The van der Waals surface area contributed by atoms with E-state index in [1.54, 1.807) is 11.3 Å². The molecule has 1 aromatic rings. The van der Waals surface area contributed by atoms with Gasteiger partial charge in [0.2, 0.25) is 0 Å². The summed E-state index contributed by atoms with van der Waals surface area (Å²) in [7, 11) is 0. The Morgan fingerprint density at radius 1 is 1.56 bits per heavy atom. The van der Waals surface area contributed by atoms with Gasteiger partial charge < -0.3 is 0 Å². The normalized spacial score (nSPS) is 7.00. The zero-order valence-electron chi connectivity index (χ0n) is 5.10. The molecule has 0 spiro atoms. The average molecular weight is 323 g/mol. The van der Waals surface area contributed by atoms with E-state index in [-0.39, 0.29) is 13.2 Å². The van der Waals surface area contributed by atoms with Gasteiger partial charge in [0.1, 0.15) is 0 Å². The van der Waals surface area contributed by atoms with Crippen LogP contribution in [0, 0.1) is 6.92 Å². The molecule has 0 aliphatic heterocycles. The van der Waals surface area contributed by atoms with E-state index in [4.69, 9.17) is 0 Å². The van der Waals surface area contributed by atoms with Gasteiger partial charge in [0.15, 0.2) is 0 Å². The second-order valence-corrected chi connectivity index (χ2v) is 16.3. The third kappa shape index (κ3) is 7.18. The number of thiophene rings is 1. The molecule has 0 saturated carbocycles. The van der Waals surface area contributed by atoms with E-state index in [1.807, 2.05) is 0 Å². The number of hydrogen-bond donors (Lipinski definition) is 0. The zero-order valence-corrected chi connectivity index (χ0v) is 12.1. The summed E-state index contributed by atoms with van der Waals surface area (Å²) >= 11 is 7.99. The molecular weight excluding hydrogens is 317 g/mol. The van der Waals surface area contributed by atoms with Gasteiger partial charge in [0, 0.05) is 0 Å². The molecule has 0 amide bonds. The Morgan fingerprint density at radius 2 is 2.11 bits per heavy atom. The van der Waals surface area contributed by atoms with Gasteiger partial charge in [-0.1, -0.05) is 0 Å². The van der Waals surface area contributed by atoms with Crippen molar-refractivity contribution in [2.24, 2.45) is 0 Å². The van der Waals surface area contributed by atoms with E-state index < -0.39 is 0 Å².